The van der Waals surface area contributed by atoms with E-state index in [0.717, 1.165) is 118 Å². The van der Waals surface area contributed by atoms with Crippen molar-refractivity contribution in [3.63, 3.8) is 0 Å². The summed E-state index contributed by atoms with van der Waals surface area (Å²) in [7, 11) is 0. The van der Waals surface area contributed by atoms with E-state index in [-0.39, 0.29) is 48.1 Å². The Balaban J connectivity index is 0.000000205. The quantitative estimate of drug-likeness (QED) is 0.101. The third-order valence-electron chi connectivity index (χ3n) is 14.5. The SMILES string of the molecule is C1CCOC1.CC(C)c1nc2c(c(-c3ccc(F)cc3)c1/C=C/[C@@H]1C[C@H](CC(=O)OC(C)(C)C)OC(C)(C)O1)Cc1cc(C#N)ccc1CC2.CC(C)c1nc2c(c(-c3ccc(F)cc3)c1C=O)Cc1cc(C#N)ccc1CC2. The lowest BCUT2D eigenvalue weighted by Gasteiger charge is -2.40. The number of halogens is 2. The average molecular weight is 1070 g/mol. The highest BCUT2D eigenvalue weighted by Gasteiger charge is 2.37. The molecule has 2 aliphatic heterocycles. The van der Waals surface area contributed by atoms with Gasteiger partial charge in [-0.25, -0.2) is 8.78 Å². The number of hydrogen-bond donors (Lipinski definition) is 0. The number of ether oxygens (including phenoxy) is 4. The smallest absolute Gasteiger partial charge is 0.308 e. The fraction of sp³-hybridized carbons (Fsp3) is 0.403. The Hall–Kier alpha value is -7.22. The molecule has 2 aliphatic carbocycles. The number of hydrogen-bond acceptors (Lipinski definition) is 10. The summed E-state index contributed by atoms with van der Waals surface area (Å²) in [6.07, 6.45) is 11.9. The van der Waals surface area contributed by atoms with Gasteiger partial charge in [-0.3, -0.25) is 19.6 Å². The number of aldehydes is 1. The zero-order valence-corrected chi connectivity index (χ0v) is 47.1. The van der Waals surface area contributed by atoms with Crippen LogP contribution < -0.4 is 0 Å². The van der Waals surface area contributed by atoms with E-state index in [0.29, 0.717) is 36.0 Å². The third-order valence-corrected chi connectivity index (χ3v) is 14.5. The number of aryl methyl sites for hydroxylation is 4. The first-order chi connectivity index (χ1) is 37.7. The number of fused-ring (bicyclic) bond motifs is 4. The molecule has 0 N–H and O–H groups in total. The van der Waals surface area contributed by atoms with Crippen LogP contribution in [0.2, 0.25) is 0 Å². The van der Waals surface area contributed by atoms with Crippen molar-refractivity contribution in [1.82, 2.24) is 9.97 Å². The number of rotatable bonds is 9. The molecule has 0 spiro atoms. The first-order valence-corrected chi connectivity index (χ1v) is 27.7. The standard InChI is InChI=1S/C38H43FN2O4.C25H21FN2O.C4H8O/c1-23(2)36-31(16-15-29-20-30(44-38(6,7)43-29)21-34(42)45-37(3,4)5)35(26-10-13-28(39)14-11-26)32-19-27-18-24(22-40)8-9-25(27)12-17-33(32)41-36;1-15(2)25-22(14-29)24(18-5-8-20(26)9-6-18)21-12-19-11-16(13-27)3-4-17(19)7-10-23(21)28-25;1-2-4-5-3-1/h8-11,13-16,18,23,29-30H,12,17,19-21H2,1-7H3;3-6,8-9,11,14-15H,7,10,12H2,1-2H3;1-4H2/b16-15+;;/t29-,30-;;/m1../s1. The summed E-state index contributed by atoms with van der Waals surface area (Å²) in [5.74, 6) is -1.59. The number of nitriles is 2. The molecule has 2 atom stereocenters. The van der Waals surface area contributed by atoms with Crippen LogP contribution in [-0.4, -0.2) is 59.0 Å². The number of benzene rings is 4. The minimum atomic E-state index is -0.894. The van der Waals surface area contributed by atoms with Gasteiger partial charge in [-0.1, -0.05) is 76.2 Å². The summed E-state index contributed by atoms with van der Waals surface area (Å²) in [5.41, 5.74) is 16.3. The first-order valence-electron chi connectivity index (χ1n) is 27.7. The van der Waals surface area contributed by atoms with Crippen molar-refractivity contribution >= 4 is 18.3 Å². The summed E-state index contributed by atoms with van der Waals surface area (Å²) >= 11 is 0. The molecule has 10 rings (SSSR count). The van der Waals surface area contributed by atoms with Crippen molar-refractivity contribution < 1.29 is 37.3 Å². The van der Waals surface area contributed by atoms with Crippen molar-refractivity contribution in [2.45, 2.75) is 162 Å². The van der Waals surface area contributed by atoms with E-state index in [4.69, 9.17) is 28.9 Å². The summed E-state index contributed by atoms with van der Waals surface area (Å²) in [5, 5.41) is 18.9. The van der Waals surface area contributed by atoms with Crippen LogP contribution in [0.25, 0.3) is 28.3 Å². The van der Waals surface area contributed by atoms with Gasteiger partial charge in [-0.15, -0.1) is 0 Å². The zero-order valence-electron chi connectivity index (χ0n) is 47.1. The molecule has 79 heavy (non-hydrogen) atoms. The van der Waals surface area contributed by atoms with Crippen LogP contribution in [-0.2, 0) is 62.3 Å². The van der Waals surface area contributed by atoms with Crippen molar-refractivity contribution in [3.05, 3.63) is 181 Å². The molecule has 0 unspecified atom stereocenters. The molecule has 6 aromatic rings. The molecule has 2 fully saturated rings. The molecule has 0 bridgehead atoms. The van der Waals surface area contributed by atoms with Gasteiger partial charge in [-0.05, 0) is 189 Å². The van der Waals surface area contributed by atoms with E-state index >= 15 is 0 Å². The maximum atomic E-state index is 14.2. The van der Waals surface area contributed by atoms with E-state index in [9.17, 15) is 28.9 Å². The Kier molecular flexibility index (Phi) is 18.5. The van der Waals surface area contributed by atoms with Gasteiger partial charge < -0.3 is 18.9 Å². The fourth-order valence-electron chi connectivity index (χ4n) is 11.0. The highest BCUT2D eigenvalue weighted by Crippen LogP contribution is 2.41. The monoisotopic (exact) mass is 1070 g/mol. The number of carbonyl (C=O) groups excluding carboxylic acids is 2. The van der Waals surface area contributed by atoms with Gasteiger partial charge in [0, 0.05) is 55.0 Å². The molecule has 0 radical (unpaired) electrons. The molecular weight excluding hydrogens is 995 g/mol. The molecule has 12 heteroatoms. The number of nitrogens with zero attached hydrogens (tertiary/aromatic N) is 4. The molecular formula is C67H72F2N4O6. The predicted octanol–water partition coefficient (Wildman–Crippen LogP) is 14.4. The van der Waals surface area contributed by atoms with Crippen molar-refractivity contribution in [1.29, 1.82) is 10.5 Å². The second-order valence-corrected chi connectivity index (χ2v) is 22.9. The topological polar surface area (TPSA) is 144 Å². The Morgan fingerprint density at radius 1 is 0.709 bits per heavy atom. The predicted molar refractivity (Wildman–Crippen MR) is 304 cm³/mol. The van der Waals surface area contributed by atoms with Crippen molar-refractivity contribution in [2.75, 3.05) is 13.2 Å². The van der Waals surface area contributed by atoms with E-state index in [1.54, 1.807) is 12.1 Å². The minimum Gasteiger partial charge on any atom is -0.460 e. The first kappa shape index (κ1) is 57.9. The summed E-state index contributed by atoms with van der Waals surface area (Å²) in [6, 6.07) is 29.1. The normalized spacial score (nSPS) is 17.3. The highest BCUT2D eigenvalue weighted by molar-refractivity contribution is 5.91. The molecule has 4 aliphatic rings. The molecule has 4 aromatic carbocycles. The average Bonchev–Trinajstić information content (AvgIpc) is 4.00. The lowest BCUT2D eigenvalue weighted by Crippen LogP contribution is -2.45. The van der Waals surface area contributed by atoms with Crippen LogP contribution in [0.3, 0.4) is 0 Å². The summed E-state index contributed by atoms with van der Waals surface area (Å²) in [4.78, 5) is 35.0. The van der Waals surface area contributed by atoms with Crippen LogP contribution in [0.15, 0.2) is 91.0 Å². The molecule has 10 nitrogen and oxygen atoms in total. The van der Waals surface area contributed by atoms with E-state index in [1.807, 2.05) is 97.0 Å². The molecule has 2 saturated heterocycles. The number of carbonyl (C=O) groups is 2. The number of aromatic nitrogens is 2. The summed E-state index contributed by atoms with van der Waals surface area (Å²) in [6.45, 7) is 19.6. The Bertz CT molecular complexity index is 3300. The summed E-state index contributed by atoms with van der Waals surface area (Å²) < 4.78 is 50.7. The maximum Gasteiger partial charge on any atom is 0.308 e. The van der Waals surface area contributed by atoms with Gasteiger partial charge in [0.2, 0.25) is 0 Å². The van der Waals surface area contributed by atoms with Crippen LogP contribution in [0.4, 0.5) is 8.78 Å². The lowest BCUT2D eigenvalue weighted by molar-refractivity contribution is -0.290. The van der Waals surface area contributed by atoms with E-state index in [1.165, 1.54) is 48.2 Å². The van der Waals surface area contributed by atoms with Crippen molar-refractivity contribution in [3.8, 4) is 34.4 Å². The van der Waals surface area contributed by atoms with Crippen LogP contribution in [0, 0.1) is 34.3 Å². The zero-order chi connectivity index (χ0) is 56.6. The van der Waals surface area contributed by atoms with Crippen LogP contribution >= 0.6 is 0 Å². The second-order valence-electron chi connectivity index (χ2n) is 22.9. The molecule has 0 amide bonds. The molecule has 0 saturated carbocycles. The van der Waals surface area contributed by atoms with Gasteiger partial charge in [0.05, 0.1) is 53.3 Å². The fourth-order valence-corrected chi connectivity index (χ4v) is 11.0. The van der Waals surface area contributed by atoms with Gasteiger partial charge >= 0.3 is 5.97 Å². The molecule has 2 aromatic heterocycles. The largest absolute Gasteiger partial charge is 0.460 e. The number of esters is 1. The second kappa shape index (κ2) is 25.3. The third kappa shape index (κ3) is 14.5. The lowest BCUT2D eigenvalue weighted by atomic mass is 9.86. The number of pyridine rings is 2. The van der Waals surface area contributed by atoms with Gasteiger partial charge in [0.15, 0.2) is 12.1 Å². The Labute approximate surface area is 464 Å². The van der Waals surface area contributed by atoms with Crippen LogP contribution in [0.5, 0.6) is 0 Å². The Morgan fingerprint density at radius 2 is 1.19 bits per heavy atom. The minimum absolute atomic E-state index is 0.0931. The van der Waals surface area contributed by atoms with Gasteiger partial charge in [0.25, 0.3) is 0 Å². The highest BCUT2D eigenvalue weighted by atomic mass is 19.1. The molecule has 410 valence electrons. The molecule has 4 heterocycles. The Morgan fingerprint density at radius 3 is 1.62 bits per heavy atom. The van der Waals surface area contributed by atoms with Crippen molar-refractivity contribution in [2.24, 2.45) is 0 Å². The van der Waals surface area contributed by atoms with E-state index in [2.05, 4.69) is 38.1 Å². The van der Waals surface area contributed by atoms with Gasteiger partial charge in [0.1, 0.15) is 17.2 Å². The van der Waals surface area contributed by atoms with Gasteiger partial charge in [-0.2, -0.15) is 10.5 Å². The van der Waals surface area contributed by atoms with Crippen LogP contribution in [0.1, 0.15) is 183 Å². The maximum absolute atomic E-state index is 14.2. The van der Waals surface area contributed by atoms with E-state index < -0.39 is 11.4 Å².